The first kappa shape index (κ1) is 18.5. The second-order valence-electron chi connectivity index (χ2n) is 8.08. The number of nitrogens with one attached hydrogen (secondary N) is 1. The van der Waals surface area contributed by atoms with Gasteiger partial charge in [-0.25, -0.2) is 4.68 Å². The van der Waals surface area contributed by atoms with E-state index in [2.05, 4.69) is 36.8 Å². The molecule has 1 N–H and O–H groups in total. The van der Waals surface area contributed by atoms with Crippen molar-refractivity contribution in [3.63, 3.8) is 0 Å². The van der Waals surface area contributed by atoms with Crippen molar-refractivity contribution in [3.8, 4) is 6.07 Å². The maximum Gasteiger partial charge on any atom is 0.253 e. The standard InChI is InChI=1S/C21H22N8O/c1-28-21(25-26-27-28)29-6-4-17(5-7-29)24-20(30)16-9-14-8-15(11-22)18(13-2-3-13)10-19(14)23-12-16/h8-10,12-13,17H,2-7H2,1H3,(H,24,30). The fourth-order valence-electron chi connectivity index (χ4n) is 4.13. The third-order valence-electron chi connectivity index (χ3n) is 5.96. The molecule has 1 saturated heterocycles. The third kappa shape index (κ3) is 3.45. The van der Waals surface area contributed by atoms with Crippen molar-refractivity contribution in [1.82, 2.24) is 30.5 Å². The Morgan fingerprint density at radius 2 is 2.00 bits per heavy atom. The molecule has 2 fully saturated rings. The first-order chi connectivity index (χ1) is 14.6. The molecular formula is C21H22N8O. The van der Waals surface area contributed by atoms with Crippen molar-refractivity contribution in [1.29, 1.82) is 5.26 Å². The number of rotatable bonds is 4. The van der Waals surface area contributed by atoms with Gasteiger partial charge in [0.25, 0.3) is 5.91 Å². The van der Waals surface area contributed by atoms with Gasteiger partial charge in [-0.1, -0.05) is 5.10 Å². The lowest BCUT2D eigenvalue weighted by molar-refractivity contribution is 0.0931. The molecule has 0 atom stereocenters. The van der Waals surface area contributed by atoms with Gasteiger partial charge in [-0.2, -0.15) is 5.26 Å². The summed E-state index contributed by atoms with van der Waals surface area (Å²) in [6.45, 7) is 1.56. The van der Waals surface area contributed by atoms with Gasteiger partial charge in [0, 0.05) is 37.8 Å². The fourth-order valence-corrected chi connectivity index (χ4v) is 4.13. The number of benzene rings is 1. The summed E-state index contributed by atoms with van der Waals surface area (Å²) in [6, 6.07) is 8.08. The molecule has 0 spiro atoms. The number of hydrogen-bond acceptors (Lipinski definition) is 7. The Morgan fingerprint density at radius 3 is 2.67 bits per heavy atom. The van der Waals surface area contributed by atoms with Gasteiger partial charge in [-0.15, -0.1) is 0 Å². The van der Waals surface area contributed by atoms with Crippen molar-refractivity contribution in [2.45, 2.75) is 37.6 Å². The number of aromatic nitrogens is 5. The number of carbonyl (C=O) groups is 1. The minimum Gasteiger partial charge on any atom is -0.349 e. The highest BCUT2D eigenvalue weighted by Crippen LogP contribution is 2.42. The Labute approximate surface area is 173 Å². The quantitative estimate of drug-likeness (QED) is 0.709. The van der Waals surface area contributed by atoms with E-state index in [0.29, 0.717) is 17.0 Å². The minimum atomic E-state index is -0.132. The molecule has 0 radical (unpaired) electrons. The average Bonchev–Trinajstić information content (AvgIpc) is 3.53. The van der Waals surface area contributed by atoms with Gasteiger partial charge < -0.3 is 10.2 Å². The Bertz CT molecular complexity index is 1150. The maximum atomic E-state index is 12.8. The van der Waals surface area contributed by atoms with Crippen LogP contribution in [-0.4, -0.2) is 50.2 Å². The van der Waals surface area contributed by atoms with Crippen molar-refractivity contribution >= 4 is 22.8 Å². The number of piperidine rings is 1. The van der Waals surface area contributed by atoms with E-state index in [-0.39, 0.29) is 11.9 Å². The number of pyridine rings is 1. The topological polar surface area (TPSA) is 113 Å². The van der Waals surface area contributed by atoms with Crippen LogP contribution in [-0.2, 0) is 7.05 Å². The van der Waals surface area contributed by atoms with Crippen molar-refractivity contribution in [2.75, 3.05) is 18.0 Å². The number of tetrazole rings is 1. The van der Waals surface area contributed by atoms with Gasteiger partial charge in [-0.05, 0) is 65.8 Å². The van der Waals surface area contributed by atoms with Gasteiger partial charge in [0.2, 0.25) is 5.95 Å². The molecule has 0 unspecified atom stereocenters. The van der Waals surface area contributed by atoms with Crippen LogP contribution in [0.25, 0.3) is 10.9 Å². The van der Waals surface area contributed by atoms with Gasteiger partial charge in [-0.3, -0.25) is 9.78 Å². The van der Waals surface area contributed by atoms with E-state index in [1.54, 1.807) is 10.9 Å². The van der Waals surface area contributed by atoms with E-state index in [4.69, 9.17) is 0 Å². The van der Waals surface area contributed by atoms with Crippen LogP contribution in [0.5, 0.6) is 0 Å². The van der Waals surface area contributed by atoms with Crippen LogP contribution < -0.4 is 10.2 Å². The van der Waals surface area contributed by atoms with E-state index in [0.717, 1.165) is 61.2 Å². The molecule has 1 amide bonds. The molecule has 9 nitrogen and oxygen atoms in total. The number of hydrogen-bond donors (Lipinski definition) is 1. The molecule has 3 aromatic rings. The lowest BCUT2D eigenvalue weighted by Gasteiger charge is -2.32. The fraction of sp³-hybridized carbons (Fsp3) is 0.429. The maximum absolute atomic E-state index is 12.8. The Hall–Kier alpha value is -3.54. The first-order valence-electron chi connectivity index (χ1n) is 10.2. The zero-order chi connectivity index (χ0) is 20.7. The molecule has 2 aliphatic rings. The second kappa shape index (κ2) is 7.37. The van der Waals surface area contributed by atoms with Gasteiger partial charge >= 0.3 is 0 Å². The summed E-state index contributed by atoms with van der Waals surface area (Å²) in [6.07, 6.45) is 5.53. The molecule has 1 aliphatic heterocycles. The third-order valence-corrected chi connectivity index (χ3v) is 5.96. The highest BCUT2D eigenvalue weighted by atomic mass is 16.1. The van der Waals surface area contributed by atoms with Gasteiger partial charge in [0.15, 0.2) is 0 Å². The summed E-state index contributed by atoms with van der Waals surface area (Å²) >= 11 is 0. The predicted molar refractivity (Wildman–Crippen MR) is 110 cm³/mol. The highest BCUT2D eigenvalue weighted by molar-refractivity contribution is 5.97. The summed E-state index contributed by atoms with van der Waals surface area (Å²) in [5.41, 5.74) is 3.12. The largest absolute Gasteiger partial charge is 0.349 e. The van der Waals surface area contributed by atoms with E-state index >= 15 is 0 Å². The molecular weight excluding hydrogens is 380 g/mol. The number of amides is 1. The molecule has 1 aromatic carbocycles. The molecule has 9 heteroatoms. The molecule has 30 heavy (non-hydrogen) atoms. The Balaban J connectivity index is 1.28. The Kier molecular flexibility index (Phi) is 4.54. The number of nitriles is 1. The molecule has 5 rings (SSSR count). The summed E-state index contributed by atoms with van der Waals surface area (Å²) in [7, 11) is 1.82. The van der Waals surface area contributed by atoms with Crippen molar-refractivity contribution < 1.29 is 4.79 Å². The summed E-state index contributed by atoms with van der Waals surface area (Å²) in [4.78, 5) is 19.4. The smallest absolute Gasteiger partial charge is 0.253 e. The first-order valence-corrected chi connectivity index (χ1v) is 10.2. The van der Waals surface area contributed by atoms with Crippen LogP contribution in [0.1, 0.15) is 53.1 Å². The van der Waals surface area contributed by atoms with Gasteiger partial charge in [0.1, 0.15) is 0 Å². The number of nitrogens with zero attached hydrogens (tertiary/aromatic N) is 7. The van der Waals surface area contributed by atoms with Crippen LogP contribution in [0.3, 0.4) is 0 Å². The number of aryl methyl sites for hydroxylation is 1. The number of fused-ring (bicyclic) bond motifs is 1. The van der Waals surface area contributed by atoms with Crippen LogP contribution in [0.4, 0.5) is 5.95 Å². The van der Waals surface area contributed by atoms with Gasteiger partial charge in [0.05, 0.1) is 22.7 Å². The number of carbonyl (C=O) groups excluding carboxylic acids is 1. The van der Waals surface area contributed by atoms with Crippen LogP contribution in [0.2, 0.25) is 0 Å². The highest BCUT2D eigenvalue weighted by Gasteiger charge is 2.27. The van der Waals surface area contributed by atoms with E-state index < -0.39 is 0 Å². The molecule has 1 saturated carbocycles. The summed E-state index contributed by atoms with van der Waals surface area (Å²) < 4.78 is 1.66. The van der Waals surface area contributed by atoms with Crippen LogP contribution in [0, 0.1) is 11.3 Å². The van der Waals surface area contributed by atoms with Crippen LogP contribution in [0.15, 0.2) is 24.4 Å². The van der Waals surface area contributed by atoms with Crippen LogP contribution >= 0.6 is 0 Å². The summed E-state index contributed by atoms with van der Waals surface area (Å²) in [5, 5.41) is 25.0. The molecule has 0 bridgehead atoms. The molecule has 2 aromatic heterocycles. The van der Waals surface area contributed by atoms with E-state index in [1.165, 1.54) is 0 Å². The summed E-state index contributed by atoms with van der Waals surface area (Å²) in [5.74, 6) is 1.10. The number of anilines is 1. The average molecular weight is 402 g/mol. The monoisotopic (exact) mass is 402 g/mol. The lowest BCUT2D eigenvalue weighted by Crippen LogP contribution is -2.45. The minimum absolute atomic E-state index is 0.0949. The predicted octanol–water partition coefficient (Wildman–Crippen LogP) is 1.91. The molecule has 152 valence electrons. The molecule has 1 aliphatic carbocycles. The van der Waals surface area contributed by atoms with E-state index in [1.807, 2.05) is 25.2 Å². The SMILES string of the molecule is Cn1nnnc1N1CCC(NC(=O)c2cnc3cc(C4CC4)c(C#N)cc3c2)CC1. The van der Waals surface area contributed by atoms with Crippen molar-refractivity contribution in [2.24, 2.45) is 7.05 Å². The lowest BCUT2D eigenvalue weighted by atomic mass is 10.00. The van der Waals surface area contributed by atoms with E-state index in [9.17, 15) is 10.1 Å². The zero-order valence-electron chi connectivity index (χ0n) is 16.7. The van der Waals surface area contributed by atoms with Crippen molar-refractivity contribution in [3.05, 3.63) is 41.1 Å². The molecule has 3 heterocycles. The Morgan fingerprint density at radius 1 is 1.20 bits per heavy atom. The second-order valence-corrected chi connectivity index (χ2v) is 8.08. The normalized spacial score (nSPS) is 17.1. The zero-order valence-corrected chi connectivity index (χ0v) is 16.7.